The summed E-state index contributed by atoms with van der Waals surface area (Å²) in [5.41, 5.74) is 6.43. The van der Waals surface area contributed by atoms with Gasteiger partial charge in [-0.25, -0.2) is 0 Å². The zero-order valence-electron chi connectivity index (χ0n) is 15.4. The minimum absolute atomic E-state index is 0.201. The van der Waals surface area contributed by atoms with Gasteiger partial charge < -0.3 is 21.1 Å². The molecule has 0 heterocycles. The maximum absolute atomic E-state index is 12.1. The Labute approximate surface area is 149 Å². The molecular weight excluding hydrogens is 318 g/mol. The highest BCUT2D eigenvalue weighted by Gasteiger charge is 2.16. The van der Waals surface area contributed by atoms with Gasteiger partial charge >= 0.3 is 0 Å². The molecule has 1 aromatic carbocycles. The van der Waals surface area contributed by atoms with Crippen LogP contribution in [0.15, 0.2) is 36.4 Å². The summed E-state index contributed by atoms with van der Waals surface area (Å²) >= 11 is 0. The third-order valence-electron chi connectivity index (χ3n) is 3.67. The summed E-state index contributed by atoms with van der Waals surface area (Å²) in [6, 6.07) is 6.31. The van der Waals surface area contributed by atoms with Crippen molar-refractivity contribution in [3.05, 3.63) is 36.4 Å². The predicted octanol–water partition coefficient (Wildman–Crippen LogP) is 2.46. The van der Waals surface area contributed by atoms with Crippen LogP contribution in [0.25, 0.3) is 0 Å². The summed E-state index contributed by atoms with van der Waals surface area (Å²) < 4.78 is 5.08. The number of nitrogens with two attached hydrogens (primary N) is 1. The van der Waals surface area contributed by atoms with Crippen molar-refractivity contribution in [2.75, 3.05) is 12.4 Å². The van der Waals surface area contributed by atoms with Crippen LogP contribution in [0.5, 0.6) is 5.75 Å². The Kier molecular flexibility index (Phi) is 8.70. The number of methoxy groups -OCH3 is 1. The van der Waals surface area contributed by atoms with Crippen molar-refractivity contribution in [2.24, 2.45) is 11.7 Å². The molecule has 0 aliphatic carbocycles. The van der Waals surface area contributed by atoms with E-state index in [1.54, 1.807) is 37.5 Å². The molecule has 0 aliphatic heterocycles. The molecule has 0 fully saturated rings. The summed E-state index contributed by atoms with van der Waals surface area (Å²) in [6.45, 7) is 5.98. The number of anilines is 1. The quantitative estimate of drug-likeness (QED) is 0.598. The van der Waals surface area contributed by atoms with Gasteiger partial charge in [-0.2, -0.15) is 0 Å². The fourth-order valence-corrected chi connectivity index (χ4v) is 2.23. The number of benzene rings is 1. The third-order valence-corrected chi connectivity index (χ3v) is 3.67. The molecule has 0 aromatic heterocycles. The molecule has 0 bridgehead atoms. The van der Waals surface area contributed by atoms with Crippen molar-refractivity contribution in [3.63, 3.8) is 0 Å². The molecule has 0 spiro atoms. The van der Waals surface area contributed by atoms with Crippen LogP contribution in [0.1, 0.15) is 33.6 Å². The molecule has 4 N–H and O–H groups in total. The molecule has 0 radical (unpaired) electrons. The van der Waals surface area contributed by atoms with Gasteiger partial charge in [0.1, 0.15) is 5.75 Å². The average Bonchev–Trinajstić information content (AvgIpc) is 2.59. The molecule has 25 heavy (non-hydrogen) atoms. The van der Waals surface area contributed by atoms with E-state index in [1.165, 1.54) is 6.08 Å². The van der Waals surface area contributed by atoms with Gasteiger partial charge in [0.2, 0.25) is 11.8 Å². The fourth-order valence-electron chi connectivity index (χ4n) is 2.23. The highest BCUT2D eigenvalue weighted by Crippen LogP contribution is 2.15. The predicted molar refractivity (Wildman–Crippen MR) is 100 cm³/mol. The van der Waals surface area contributed by atoms with Crippen LogP contribution < -0.4 is 21.1 Å². The second-order valence-corrected chi connectivity index (χ2v) is 6.34. The van der Waals surface area contributed by atoms with E-state index >= 15 is 0 Å². The Hall–Kier alpha value is -2.34. The van der Waals surface area contributed by atoms with E-state index in [1.807, 2.05) is 6.92 Å². The summed E-state index contributed by atoms with van der Waals surface area (Å²) in [5, 5.41) is 5.66. The minimum atomic E-state index is -0.531. The van der Waals surface area contributed by atoms with Gasteiger partial charge in [-0.15, -0.1) is 0 Å². The van der Waals surface area contributed by atoms with E-state index in [-0.39, 0.29) is 17.9 Å². The topological polar surface area (TPSA) is 93.5 Å². The van der Waals surface area contributed by atoms with Gasteiger partial charge in [-0.05, 0) is 43.0 Å². The zero-order valence-corrected chi connectivity index (χ0v) is 15.4. The molecule has 1 aromatic rings. The minimum Gasteiger partial charge on any atom is -0.497 e. The molecule has 0 aliphatic rings. The maximum Gasteiger partial charge on any atom is 0.248 e. The summed E-state index contributed by atoms with van der Waals surface area (Å²) in [4.78, 5) is 24.0. The Balaban J connectivity index is 2.66. The molecule has 0 saturated heterocycles. The SMILES string of the molecule is CC[C@H](N)C(=O)N[C@H](/C=C/C(=O)Nc1ccc(OC)cc1)CC(C)C. The molecule has 0 saturated carbocycles. The highest BCUT2D eigenvalue weighted by atomic mass is 16.5. The van der Waals surface area contributed by atoms with E-state index in [9.17, 15) is 9.59 Å². The van der Waals surface area contributed by atoms with Crippen LogP contribution in [0.2, 0.25) is 0 Å². The Morgan fingerprint density at radius 3 is 2.40 bits per heavy atom. The van der Waals surface area contributed by atoms with Crippen molar-refractivity contribution >= 4 is 17.5 Å². The molecular formula is C19H29N3O3. The molecule has 1 rings (SSSR count). The molecule has 6 nitrogen and oxygen atoms in total. The first-order valence-corrected chi connectivity index (χ1v) is 8.54. The first-order chi connectivity index (χ1) is 11.8. The van der Waals surface area contributed by atoms with Crippen molar-refractivity contribution in [3.8, 4) is 5.75 Å². The van der Waals surface area contributed by atoms with Crippen molar-refractivity contribution in [2.45, 2.75) is 45.7 Å². The van der Waals surface area contributed by atoms with Crippen molar-refractivity contribution in [1.29, 1.82) is 0 Å². The Morgan fingerprint density at radius 2 is 1.88 bits per heavy atom. The highest BCUT2D eigenvalue weighted by molar-refractivity contribution is 5.99. The van der Waals surface area contributed by atoms with Gasteiger partial charge in [0.25, 0.3) is 0 Å². The molecule has 2 amide bonds. The molecule has 138 valence electrons. The standard InChI is InChI=1S/C19H29N3O3/c1-5-17(20)19(24)22-15(12-13(2)3)8-11-18(23)21-14-6-9-16(25-4)10-7-14/h6-11,13,15,17H,5,12,20H2,1-4H3,(H,21,23)(H,22,24)/b11-8+/t15-,17+/m1/s1. The lowest BCUT2D eigenvalue weighted by atomic mass is 10.0. The van der Waals surface area contributed by atoms with E-state index in [0.29, 0.717) is 18.0 Å². The monoisotopic (exact) mass is 347 g/mol. The second kappa shape index (κ2) is 10.5. The number of carbonyl (C=O) groups excluding carboxylic acids is 2. The number of nitrogens with one attached hydrogen (secondary N) is 2. The van der Waals surface area contributed by atoms with E-state index in [2.05, 4.69) is 24.5 Å². The molecule has 2 atom stereocenters. The molecule has 0 unspecified atom stereocenters. The van der Waals surface area contributed by atoms with Gasteiger partial charge in [0.15, 0.2) is 0 Å². The Bertz CT molecular complexity index is 582. The van der Waals surface area contributed by atoms with Gasteiger partial charge in [0.05, 0.1) is 13.2 Å². The number of hydrogen-bond donors (Lipinski definition) is 3. The largest absolute Gasteiger partial charge is 0.497 e. The second-order valence-electron chi connectivity index (χ2n) is 6.34. The maximum atomic E-state index is 12.1. The first-order valence-electron chi connectivity index (χ1n) is 8.54. The van der Waals surface area contributed by atoms with Crippen LogP contribution in [0.3, 0.4) is 0 Å². The molecule has 6 heteroatoms. The number of carbonyl (C=O) groups is 2. The van der Waals surface area contributed by atoms with E-state index in [4.69, 9.17) is 10.5 Å². The van der Waals surface area contributed by atoms with Crippen LogP contribution >= 0.6 is 0 Å². The zero-order chi connectivity index (χ0) is 18.8. The number of ether oxygens (including phenoxy) is 1. The number of amides is 2. The summed E-state index contributed by atoms with van der Waals surface area (Å²) in [5.74, 6) is 0.638. The summed E-state index contributed by atoms with van der Waals surface area (Å²) in [6.07, 6.45) is 4.45. The average molecular weight is 347 g/mol. The van der Waals surface area contributed by atoms with Crippen LogP contribution in [0, 0.1) is 5.92 Å². The normalized spacial score (nSPS) is 13.5. The summed E-state index contributed by atoms with van der Waals surface area (Å²) in [7, 11) is 1.59. The third kappa shape index (κ3) is 7.85. The number of hydrogen-bond acceptors (Lipinski definition) is 4. The van der Waals surface area contributed by atoms with E-state index in [0.717, 1.165) is 12.2 Å². The van der Waals surface area contributed by atoms with Crippen LogP contribution in [0.4, 0.5) is 5.69 Å². The first kappa shape index (κ1) is 20.7. The lowest BCUT2D eigenvalue weighted by molar-refractivity contribution is -0.123. The fraction of sp³-hybridized carbons (Fsp3) is 0.474. The van der Waals surface area contributed by atoms with Crippen molar-refractivity contribution in [1.82, 2.24) is 5.32 Å². The van der Waals surface area contributed by atoms with Crippen LogP contribution in [-0.4, -0.2) is 31.0 Å². The van der Waals surface area contributed by atoms with Crippen molar-refractivity contribution < 1.29 is 14.3 Å². The lowest BCUT2D eigenvalue weighted by Gasteiger charge is -2.19. The number of rotatable bonds is 9. The lowest BCUT2D eigenvalue weighted by Crippen LogP contribution is -2.44. The van der Waals surface area contributed by atoms with E-state index < -0.39 is 6.04 Å². The van der Waals surface area contributed by atoms with Gasteiger partial charge in [-0.3, -0.25) is 9.59 Å². The van der Waals surface area contributed by atoms with Gasteiger partial charge in [0, 0.05) is 17.8 Å². The smallest absolute Gasteiger partial charge is 0.248 e. The Morgan fingerprint density at radius 1 is 1.24 bits per heavy atom. The van der Waals surface area contributed by atoms with Gasteiger partial charge in [-0.1, -0.05) is 26.8 Å². The van der Waals surface area contributed by atoms with Crippen LogP contribution in [-0.2, 0) is 9.59 Å².